The summed E-state index contributed by atoms with van der Waals surface area (Å²) >= 11 is 0. The summed E-state index contributed by atoms with van der Waals surface area (Å²) in [5.74, 6) is 0.682. The molecule has 3 aromatic rings. The largest absolute Gasteiger partial charge is 0.497 e. The lowest BCUT2D eigenvalue weighted by atomic mass is 9.94. The Balaban J connectivity index is 1.87. The molecule has 3 nitrogen and oxygen atoms in total. The van der Waals surface area contributed by atoms with Gasteiger partial charge in [0.1, 0.15) is 11.6 Å². The quantitative estimate of drug-likeness (QED) is 0.750. The summed E-state index contributed by atoms with van der Waals surface area (Å²) in [5, 5.41) is 3.48. The fraction of sp³-hybridized carbons (Fsp3) is 0.222. The van der Waals surface area contributed by atoms with Crippen LogP contribution < -0.4 is 10.1 Å². The van der Waals surface area contributed by atoms with Gasteiger partial charge in [0.25, 0.3) is 0 Å². The summed E-state index contributed by atoms with van der Waals surface area (Å²) in [6.45, 7) is 0.998. The van der Waals surface area contributed by atoms with Crippen molar-refractivity contribution in [3.8, 4) is 5.75 Å². The molecule has 1 atom stereocenters. The van der Waals surface area contributed by atoms with Gasteiger partial charge in [0.2, 0.25) is 0 Å². The summed E-state index contributed by atoms with van der Waals surface area (Å²) in [4.78, 5) is 3.53. The maximum atomic E-state index is 13.6. The van der Waals surface area contributed by atoms with E-state index >= 15 is 0 Å². The van der Waals surface area contributed by atoms with Crippen LogP contribution in [0.4, 0.5) is 4.39 Å². The summed E-state index contributed by atoms with van der Waals surface area (Å²) < 4.78 is 18.9. The second kappa shape index (κ2) is 5.14. The van der Waals surface area contributed by atoms with Crippen molar-refractivity contribution < 1.29 is 14.4 Å². The number of hydrogen-bond donors (Lipinski definition) is 2. The van der Waals surface area contributed by atoms with Crippen LogP contribution in [0.5, 0.6) is 5.75 Å². The highest BCUT2D eigenvalue weighted by molar-refractivity contribution is 5.86. The highest BCUT2D eigenvalue weighted by Crippen LogP contribution is 2.32. The van der Waals surface area contributed by atoms with Crippen molar-refractivity contribution in [2.24, 2.45) is 0 Å². The van der Waals surface area contributed by atoms with Crippen LogP contribution in [0, 0.1) is 5.82 Å². The SMILES string of the molecule is COc1ccc2[nH]c3c(c2c1)CC[NH2+][C@@H]3c1cccc(F)c1. The van der Waals surface area contributed by atoms with Crippen molar-refractivity contribution in [1.82, 2.24) is 4.98 Å². The molecule has 0 amide bonds. The van der Waals surface area contributed by atoms with Crippen LogP contribution in [0.15, 0.2) is 42.5 Å². The molecular formula is C18H18FN2O+. The van der Waals surface area contributed by atoms with Crippen molar-refractivity contribution in [2.45, 2.75) is 12.5 Å². The minimum absolute atomic E-state index is 0.123. The number of nitrogens with two attached hydrogens (primary N) is 1. The smallest absolute Gasteiger partial charge is 0.153 e. The third kappa shape index (κ3) is 2.07. The molecule has 0 unspecified atom stereocenters. The van der Waals surface area contributed by atoms with Gasteiger partial charge >= 0.3 is 0 Å². The molecule has 1 aliphatic heterocycles. The molecule has 2 heterocycles. The minimum Gasteiger partial charge on any atom is -0.497 e. The molecule has 0 bridgehead atoms. The van der Waals surface area contributed by atoms with Crippen LogP contribution in [0.1, 0.15) is 22.9 Å². The summed E-state index contributed by atoms with van der Waals surface area (Å²) in [6, 6.07) is 13.1. The van der Waals surface area contributed by atoms with Crippen LogP contribution in [-0.4, -0.2) is 18.6 Å². The molecule has 0 radical (unpaired) electrons. The van der Waals surface area contributed by atoms with Crippen molar-refractivity contribution in [1.29, 1.82) is 0 Å². The Morgan fingerprint density at radius 2 is 2.14 bits per heavy atom. The van der Waals surface area contributed by atoms with Crippen LogP contribution in [0.25, 0.3) is 10.9 Å². The van der Waals surface area contributed by atoms with E-state index in [4.69, 9.17) is 4.74 Å². The Morgan fingerprint density at radius 3 is 2.95 bits per heavy atom. The number of aromatic nitrogens is 1. The molecule has 4 heteroatoms. The van der Waals surface area contributed by atoms with E-state index < -0.39 is 0 Å². The topological polar surface area (TPSA) is 41.6 Å². The Kier molecular flexibility index (Phi) is 3.12. The van der Waals surface area contributed by atoms with Crippen molar-refractivity contribution >= 4 is 10.9 Å². The monoisotopic (exact) mass is 297 g/mol. The molecule has 1 aliphatic rings. The van der Waals surface area contributed by atoms with Crippen LogP contribution in [0.2, 0.25) is 0 Å². The Hall–Kier alpha value is -2.33. The maximum Gasteiger partial charge on any atom is 0.153 e. The Labute approximate surface area is 128 Å². The molecule has 112 valence electrons. The fourth-order valence-electron chi connectivity index (χ4n) is 3.42. The number of quaternary nitrogens is 1. The molecule has 0 aliphatic carbocycles. The van der Waals surface area contributed by atoms with Gasteiger partial charge < -0.3 is 15.0 Å². The van der Waals surface area contributed by atoms with Gasteiger partial charge in [0, 0.05) is 22.9 Å². The van der Waals surface area contributed by atoms with Gasteiger partial charge in [-0.15, -0.1) is 0 Å². The molecular weight excluding hydrogens is 279 g/mol. The normalized spacial score (nSPS) is 17.5. The zero-order valence-corrected chi connectivity index (χ0v) is 12.4. The van der Waals surface area contributed by atoms with E-state index in [2.05, 4.69) is 22.4 Å². The number of methoxy groups -OCH3 is 1. The average Bonchev–Trinajstić information content (AvgIpc) is 2.92. The number of fused-ring (bicyclic) bond motifs is 3. The molecule has 0 saturated heterocycles. The van der Waals surface area contributed by atoms with E-state index in [1.54, 1.807) is 19.2 Å². The van der Waals surface area contributed by atoms with E-state index in [1.165, 1.54) is 22.7 Å². The number of aromatic amines is 1. The molecule has 0 spiro atoms. The number of halogens is 1. The van der Waals surface area contributed by atoms with E-state index in [1.807, 2.05) is 12.1 Å². The average molecular weight is 297 g/mol. The zero-order chi connectivity index (χ0) is 15.1. The fourth-order valence-corrected chi connectivity index (χ4v) is 3.42. The third-order valence-corrected chi connectivity index (χ3v) is 4.46. The van der Waals surface area contributed by atoms with Gasteiger partial charge in [0.05, 0.1) is 19.3 Å². The maximum absolute atomic E-state index is 13.6. The first-order valence-corrected chi connectivity index (χ1v) is 7.53. The van der Waals surface area contributed by atoms with Gasteiger partial charge in [-0.25, -0.2) is 4.39 Å². The number of ether oxygens (including phenoxy) is 1. The highest BCUT2D eigenvalue weighted by Gasteiger charge is 2.28. The third-order valence-electron chi connectivity index (χ3n) is 4.46. The van der Waals surface area contributed by atoms with Gasteiger partial charge in [-0.1, -0.05) is 12.1 Å². The number of H-pyrrole nitrogens is 1. The molecule has 3 N–H and O–H groups in total. The van der Waals surface area contributed by atoms with Gasteiger partial charge in [-0.05, 0) is 35.9 Å². The molecule has 22 heavy (non-hydrogen) atoms. The number of rotatable bonds is 2. The van der Waals surface area contributed by atoms with Crippen LogP contribution in [0.3, 0.4) is 0 Å². The van der Waals surface area contributed by atoms with Gasteiger partial charge in [-0.2, -0.15) is 0 Å². The van der Waals surface area contributed by atoms with E-state index in [-0.39, 0.29) is 11.9 Å². The highest BCUT2D eigenvalue weighted by atomic mass is 19.1. The zero-order valence-electron chi connectivity index (χ0n) is 12.4. The lowest BCUT2D eigenvalue weighted by Gasteiger charge is -2.21. The van der Waals surface area contributed by atoms with Gasteiger partial charge in [-0.3, -0.25) is 0 Å². The van der Waals surface area contributed by atoms with E-state index in [0.717, 1.165) is 29.8 Å². The lowest BCUT2D eigenvalue weighted by molar-refractivity contribution is -0.690. The first-order chi connectivity index (χ1) is 10.8. The number of benzene rings is 2. The first-order valence-electron chi connectivity index (χ1n) is 7.53. The van der Waals surface area contributed by atoms with Gasteiger partial charge in [0.15, 0.2) is 6.04 Å². The summed E-state index contributed by atoms with van der Waals surface area (Å²) in [5.41, 5.74) is 4.62. The van der Waals surface area contributed by atoms with E-state index in [0.29, 0.717) is 0 Å². The van der Waals surface area contributed by atoms with Crippen molar-refractivity contribution in [3.63, 3.8) is 0 Å². The summed E-state index contributed by atoms with van der Waals surface area (Å²) in [7, 11) is 1.68. The van der Waals surface area contributed by atoms with Crippen molar-refractivity contribution in [2.75, 3.05) is 13.7 Å². The second-order valence-electron chi connectivity index (χ2n) is 5.74. The van der Waals surface area contributed by atoms with Crippen LogP contribution in [-0.2, 0) is 6.42 Å². The molecule has 4 rings (SSSR count). The second-order valence-corrected chi connectivity index (χ2v) is 5.74. The minimum atomic E-state index is -0.184. The molecule has 0 fully saturated rings. The predicted octanol–water partition coefficient (Wildman–Crippen LogP) is 2.52. The molecule has 1 aromatic heterocycles. The predicted molar refractivity (Wildman–Crippen MR) is 83.6 cm³/mol. The Bertz CT molecular complexity index is 840. The Morgan fingerprint density at radius 1 is 1.23 bits per heavy atom. The number of hydrogen-bond acceptors (Lipinski definition) is 1. The molecule has 2 aromatic carbocycles. The van der Waals surface area contributed by atoms with Crippen LogP contribution >= 0.6 is 0 Å². The first kappa shape index (κ1) is 13.3. The lowest BCUT2D eigenvalue weighted by Crippen LogP contribution is -2.87. The molecule has 0 saturated carbocycles. The number of nitrogens with one attached hydrogen (secondary N) is 1. The van der Waals surface area contributed by atoms with E-state index in [9.17, 15) is 4.39 Å². The van der Waals surface area contributed by atoms with Crippen molar-refractivity contribution in [3.05, 3.63) is 65.1 Å². The standard InChI is InChI=1S/C18H17FN2O/c1-22-13-5-6-16-15(10-13)14-7-8-20-17(18(14)21-16)11-3-2-4-12(19)9-11/h2-6,9-10,17,20-21H,7-8H2,1H3/p+1/t17-/m1/s1. The summed E-state index contributed by atoms with van der Waals surface area (Å²) in [6.07, 6.45) is 1.01.